The highest BCUT2D eigenvalue weighted by atomic mass is 16.6. The molecule has 6 atom stereocenters. The van der Waals surface area contributed by atoms with Gasteiger partial charge in [-0.2, -0.15) is 0 Å². The second-order valence-electron chi connectivity index (χ2n) is 10.5. The number of rotatable bonds is 4. The van der Waals surface area contributed by atoms with Crippen LogP contribution >= 0.6 is 0 Å². The summed E-state index contributed by atoms with van der Waals surface area (Å²) < 4.78 is 15.5. The predicted octanol–water partition coefficient (Wildman–Crippen LogP) is 3.95. The topological polar surface area (TPSA) is 96.0 Å². The van der Waals surface area contributed by atoms with E-state index in [4.69, 9.17) is 9.47 Å². The highest BCUT2D eigenvalue weighted by Crippen LogP contribution is 2.69. The van der Waals surface area contributed by atoms with Crippen molar-refractivity contribution in [3.05, 3.63) is 23.3 Å². The fourth-order valence-corrected chi connectivity index (χ4v) is 7.47. The molecule has 0 saturated heterocycles. The van der Waals surface area contributed by atoms with Crippen LogP contribution in [0.15, 0.2) is 23.3 Å². The summed E-state index contributed by atoms with van der Waals surface area (Å²) in [5, 5.41) is 0. The lowest BCUT2D eigenvalue weighted by molar-refractivity contribution is -0.206. The van der Waals surface area contributed by atoms with Crippen LogP contribution in [0.3, 0.4) is 0 Å². The fourth-order valence-electron chi connectivity index (χ4n) is 7.47. The molecule has 3 aliphatic carbocycles. The minimum absolute atomic E-state index is 0.0370. The first-order valence-corrected chi connectivity index (χ1v) is 11.6. The number of esters is 3. The summed E-state index contributed by atoms with van der Waals surface area (Å²) in [6.45, 7) is 9.41. The Morgan fingerprint density at radius 3 is 2.18 bits per heavy atom. The Balaban J connectivity index is 2.06. The van der Waals surface area contributed by atoms with Gasteiger partial charge >= 0.3 is 17.9 Å². The lowest BCUT2D eigenvalue weighted by Gasteiger charge is -2.61. The van der Waals surface area contributed by atoms with Gasteiger partial charge in [-0.1, -0.05) is 19.9 Å². The van der Waals surface area contributed by atoms with Gasteiger partial charge in [0.15, 0.2) is 5.78 Å². The van der Waals surface area contributed by atoms with E-state index in [1.807, 2.05) is 13.8 Å². The number of methoxy groups -OCH3 is 2. The fraction of sp³-hybridized carbons (Fsp3) is 0.692. The molecule has 0 aromatic carbocycles. The number of Topliss-reactive ketones (excluding diaryl/α,β-unsaturated/α-hetero) is 1. The maximum atomic E-state index is 13.3. The van der Waals surface area contributed by atoms with E-state index in [2.05, 4.69) is 18.6 Å². The van der Waals surface area contributed by atoms with Crippen LogP contribution < -0.4 is 0 Å². The lowest BCUT2D eigenvalue weighted by atomic mass is 9.42. The zero-order chi connectivity index (χ0) is 24.8. The van der Waals surface area contributed by atoms with Crippen LogP contribution in [0.25, 0.3) is 0 Å². The van der Waals surface area contributed by atoms with E-state index in [1.54, 1.807) is 6.08 Å². The first-order chi connectivity index (χ1) is 15.4. The van der Waals surface area contributed by atoms with Crippen molar-refractivity contribution in [1.29, 1.82) is 0 Å². The quantitative estimate of drug-likeness (QED) is 0.356. The highest BCUT2D eigenvalue weighted by molar-refractivity contribution is 6.01. The predicted molar refractivity (Wildman–Crippen MR) is 121 cm³/mol. The number of carbonyl (C=O) groups is 4. The molecular weight excluding hydrogens is 424 g/mol. The number of carbonyl (C=O) groups excluding carboxylic acids is 4. The van der Waals surface area contributed by atoms with E-state index in [0.29, 0.717) is 19.3 Å². The number of allylic oxidation sites excluding steroid dienone is 3. The molecule has 0 aliphatic heterocycles. The van der Waals surface area contributed by atoms with Crippen molar-refractivity contribution in [3.8, 4) is 0 Å². The third kappa shape index (κ3) is 3.83. The molecule has 3 saturated carbocycles. The molecule has 1 unspecified atom stereocenters. The van der Waals surface area contributed by atoms with Crippen molar-refractivity contribution in [2.75, 3.05) is 14.2 Å². The average Bonchev–Trinajstić information content (AvgIpc) is 3.04. The molecule has 7 nitrogen and oxygen atoms in total. The third-order valence-electron chi connectivity index (χ3n) is 8.89. The lowest BCUT2D eigenvalue weighted by Crippen LogP contribution is -2.62. The molecule has 3 fully saturated rings. The molecule has 0 aromatic rings. The Labute approximate surface area is 195 Å². The van der Waals surface area contributed by atoms with Gasteiger partial charge < -0.3 is 14.2 Å². The monoisotopic (exact) mass is 460 g/mol. The summed E-state index contributed by atoms with van der Waals surface area (Å²) in [6.07, 6.45) is 5.58. The summed E-state index contributed by atoms with van der Waals surface area (Å²) in [5.41, 5.74) is -0.102. The Bertz CT molecular complexity index is 931. The normalized spacial score (nSPS) is 39.5. The molecule has 3 rings (SSSR count). The van der Waals surface area contributed by atoms with Crippen LogP contribution in [-0.4, -0.2) is 44.0 Å². The van der Waals surface area contributed by atoms with Crippen LogP contribution in [0.4, 0.5) is 0 Å². The molecule has 0 spiro atoms. The van der Waals surface area contributed by atoms with Gasteiger partial charge in [-0.05, 0) is 62.4 Å². The maximum absolute atomic E-state index is 13.3. The molecule has 7 heteroatoms. The van der Waals surface area contributed by atoms with Gasteiger partial charge in [0.2, 0.25) is 0 Å². The summed E-state index contributed by atoms with van der Waals surface area (Å²) in [7, 11) is 2.69. The Kier molecular flexibility index (Phi) is 6.66. The highest BCUT2D eigenvalue weighted by Gasteiger charge is 2.68. The summed E-state index contributed by atoms with van der Waals surface area (Å²) >= 11 is 0. The molecule has 0 aromatic heterocycles. The van der Waals surface area contributed by atoms with E-state index in [0.717, 1.165) is 24.0 Å². The Morgan fingerprint density at radius 2 is 1.61 bits per heavy atom. The molecule has 0 heterocycles. The van der Waals surface area contributed by atoms with Crippen molar-refractivity contribution in [2.45, 2.75) is 72.8 Å². The van der Waals surface area contributed by atoms with Gasteiger partial charge in [0.25, 0.3) is 0 Å². The minimum Gasteiger partial charge on any atom is -0.468 e. The molecule has 3 aliphatic rings. The summed E-state index contributed by atoms with van der Waals surface area (Å²) in [5.74, 6) is -1.20. The van der Waals surface area contributed by atoms with E-state index in [-0.39, 0.29) is 34.4 Å². The van der Waals surface area contributed by atoms with Crippen LogP contribution in [0.5, 0.6) is 0 Å². The largest absolute Gasteiger partial charge is 0.468 e. The van der Waals surface area contributed by atoms with Gasteiger partial charge in [-0.25, -0.2) is 4.79 Å². The Hall–Kier alpha value is -2.44. The maximum Gasteiger partial charge on any atom is 0.330 e. The van der Waals surface area contributed by atoms with Gasteiger partial charge in [-0.15, -0.1) is 0 Å². The van der Waals surface area contributed by atoms with E-state index in [9.17, 15) is 19.2 Å². The first-order valence-electron chi connectivity index (χ1n) is 11.6. The van der Waals surface area contributed by atoms with Crippen molar-refractivity contribution in [3.63, 3.8) is 0 Å². The van der Waals surface area contributed by atoms with Crippen molar-refractivity contribution in [2.24, 2.45) is 28.1 Å². The zero-order valence-electron chi connectivity index (χ0n) is 20.8. The van der Waals surface area contributed by atoms with Crippen molar-refractivity contribution >= 4 is 23.7 Å². The molecule has 0 N–H and O–H groups in total. The molecular formula is C26H36O7. The van der Waals surface area contributed by atoms with Gasteiger partial charge in [0.1, 0.15) is 11.5 Å². The first kappa shape index (κ1) is 25.2. The second-order valence-corrected chi connectivity index (χ2v) is 10.5. The molecule has 0 bridgehead atoms. The third-order valence-corrected chi connectivity index (χ3v) is 8.89. The van der Waals surface area contributed by atoms with Crippen LogP contribution in [0, 0.1) is 28.1 Å². The number of ether oxygens (including phenoxy) is 3. The number of fused-ring (bicyclic) bond motifs is 3. The molecule has 0 amide bonds. The Morgan fingerprint density at radius 1 is 0.939 bits per heavy atom. The minimum atomic E-state index is -0.982. The summed E-state index contributed by atoms with van der Waals surface area (Å²) in [6, 6.07) is 0. The van der Waals surface area contributed by atoms with Crippen molar-refractivity contribution in [1.82, 2.24) is 0 Å². The van der Waals surface area contributed by atoms with Crippen LogP contribution in [0.1, 0.15) is 66.7 Å². The van der Waals surface area contributed by atoms with E-state index >= 15 is 0 Å². The van der Waals surface area contributed by atoms with Crippen LogP contribution in [-0.2, 0) is 33.4 Å². The summed E-state index contributed by atoms with van der Waals surface area (Å²) in [4.78, 5) is 49.8. The molecule has 0 radical (unpaired) electrons. The van der Waals surface area contributed by atoms with E-state index in [1.165, 1.54) is 27.2 Å². The number of hydrogen-bond donors (Lipinski definition) is 0. The molecule has 182 valence electrons. The zero-order valence-corrected chi connectivity index (χ0v) is 20.8. The molecule has 33 heavy (non-hydrogen) atoms. The second kappa shape index (κ2) is 8.73. The number of ketones is 1. The number of hydrogen-bond acceptors (Lipinski definition) is 7. The standard InChI is InChI=1S/C26H36O7/c1-15(8-9-21(29)31-6)22-17(28)14-19-24(3)13-11-20(33-16(2)27)26(5,23(30)32-7)18(24)10-12-25(19,22)4/h8-9,18-20H,10-14H2,1-7H3/b9-8+,22-15-/t18-,19?,20-,24+,25+,26-/m1/s1. The van der Waals surface area contributed by atoms with E-state index < -0.39 is 23.5 Å². The van der Waals surface area contributed by atoms with Gasteiger partial charge in [0, 0.05) is 30.4 Å². The van der Waals surface area contributed by atoms with Gasteiger partial charge in [0.05, 0.1) is 14.2 Å². The van der Waals surface area contributed by atoms with Crippen molar-refractivity contribution < 1.29 is 33.4 Å². The smallest absolute Gasteiger partial charge is 0.330 e. The SMILES string of the molecule is COC(=O)/C=C/C(C)=C1/C(=O)CC2[C@]1(C)CC[C@H]1[C@@](C)(C(=O)OC)[C@H](OC(C)=O)CC[C@]21C. The van der Waals surface area contributed by atoms with Gasteiger partial charge in [-0.3, -0.25) is 14.4 Å². The van der Waals surface area contributed by atoms with Crippen LogP contribution in [0.2, 0.25) is 0 Å². The average molecular weight is 461 g/mol.